The maximum Gasteiger partial charge on any atom is 0.410 e. The second kappa shape index (κ2) is 7.03. The van der Waals surface area contributed by atoms with Crippen molar-refractivity contribution in [3.63, 3.8) is 0 Å². The third kappa shape index (κ3) is 4.50. The van der Waals surface area contributed by atoms with E-state index in [1.807, 2.05) is 27.0 Å². The van der Waals surface area contributed by atoms with Crippen LogP contribution in [-0.2, 0) is 4.74 Å². The topological polar surface area (TPSA) is 71.8 Å². The number of carbonyl (C=O) groups is 1. The Bertz CT molecular complexity index is 684. The van der Waals surface area contributed by atoms with Gasteiger partial charge in [0, 0.05) is 19.6 Å². The highest BCUT2D eigenvalue weighted by atomic mass is 127. The summed E-state index contributed by atoms with van der Waals surface area (Å²) in [5, 5.41) is 8.77. The molecule has 9 heteroatoms. The van der Waals surface area contributed by atoms with Crippen LogP contribution >= 0.6 is 33.9 Å². The van der Waals surface area contributed by atoms with Gasteiger partial charge in [-0.25, -0.2) is 14.3 Å². The molecule has 3 rings (SSSR count). The molecule has 7 nitrogen and oxygen atoms in total. The van der Waals surface area contributed by atoms with E-state index in [0.717, 1.165) is 46.3 Å². The van der Waals surface area contributed by atoms with Gasteiger partial charge in [-0.3, -0.25) is 0 Å². The number of nitrogens with zero attached hydrogens (tertiary/aromatic N) is 4. The molecule has 1 aliphatic rings. The van der Waals surface area contributed by atoms with Crippen molar-refractivity contribution in [2.75, 3.05) is 25.0 Å². The molecule has 2 aromatic heterocycles. The predicted molar refractivity (Wildman–Crippen MR) is 103 cm³/mol. The second-order valence-electron chi connectivity index (χ2n) is 6.99. The van der Waals surface area contributed by atoms with Crippen LogP contribution in [-0.4, -0.2) is 50.8 Å². The van der Waals surface area contributed by atoms with Gasteiger partial charge < -0.3 is 15.0 Å². The molecule has 1 amide bonds. The molecule has 0 saturated carbocycles. The van der Waals surface area contributed by atoms with Gasteiger partial charge in [0.15, 0.2) is 0 Å². The number of hydrogen-bond donors (Lipinski definition) is 1. The van der Waals surface area contributed by atoms with Crippen LogP contribution in [0.3, 0.4) is 0 Å². The number of carbonyl (C=O) groups excluding carboxylic acids is 1. The molecule has 2 aromatic rings. The van der Waals surface area contributed by atoms with E-state index in [-0.39, 0.29) is 6.09 Å². The molecule has 0 unspecified atom stereocenters. The van der Waals surface area contributed by atoms with E-state index in [4.69, 9.17) is 4.74 Å². The number of nitrogens with one attached hydrogen (secondary N) is 1. The first kappa shape index (κ1) is 17.7. The van der Waals surface area contributed by atoms with Crippen LogP contribution in [0.15, 0.2) is 6.20 Å². The smallest absolute Gasteiger partial charge is 0.410 e. The molecule has 0 aromatic carbocycles. The summed E-state index contributed by atoms with van der Waals surface area (Å²) in [6.45, 7) is 8.06. The number of anilines is 1. The lowest BCUT2D eigenvalue weighted by molar-refractivity contribution is 0.0188. The summed E-state index contributed by atoms with van der Waals surface area (Å²) in [7, 11) is 0. The van der Waals surface area contributed by atoms with Gasteiger partial charge in [0.25, 0.3) is 0 Å². The number of likely N-dealkylation sites (tertiary alicyclic amines) is 1. The highest BCUT2D eigenvalue weighted by molar-refractivity contribution is 14.1. The van der Waals surface area contributed by atoms with Crippen LogP contribution in [0.1, 0.15) is 33.6 Å². The maximum absolute atomic E-state index is 12.1. The molecule has 3 heterocycles. The SMILES string of the molecule is CC(C)(C)OC(=O)N1CCC(CNc2nn3cc(I)nc3s2)CC1. The van der Waals surface area contributed by atoms with E-state index < -0.39 is 5.60 Å². The highest BCUT2D eigenvalue weighted by Gasteiger charge is 2.26. The minimum absolute atomic E-state index is 0.204. The number of piperidine rings is 1. The largest absolute Gasteiger partial charge is 0.444 e. The molecule has 132 valence electrons. The Labute approximate surface area is 158 Å². The average molecular weight is 463 g/mol. The Kier molecular flexibility index (Phi) is 5.19. The minimum Gasteiger partial charge on any atom is -0.444 e. The highest BCUT2D eigenvalue weighted by Crippen LogP contribution is 2.23. The third-order valence-electron chi connectivity index (χ3n) is 3.82. The Hall–Kier alpha value is -1.10. The van der Waals surface area contributed by atoms with Gasteiger partial charge in [0.05, 0.1) is 6.20 Å². The fourth-order valence-electron chi connectivity index (χ4n) is 2.62. The zero-order valence-corrected chi connectivity index (χ0v) is 17.1. The zero-order chi connectivity index (χ0) is 17.3. The standard InChI is InChI=1S/C15H22IN5O2S/c1-15(2,3)23-14(22)20-6-4-10(5-7-20)8-17-12-19-21-9-11(16)18-13(21)24-12/h9-10H,4-8H2,1-3H3,(H,17,19). The molecule has 0 spiro atoms. The Morgan fingerprint density at radius 2 is 2.17 bits per heavy atom. The van der Waals surface area contributed by atoms with Crippen LogP contribution in [0.2, 0.25) is 0 Å². The number of amides is 1. The molecule has 1 aliphatic heterocycles. The van der Waals surface area contributed by atoms with Gasteiger partial charge in [-0.1, -0.05) is 11.3 Å². The van der Waals surface area contributed by atoms with Gasteiger partial charge in [0.1, 0.15) is 9.30 Å². The van der Waals surface area contributed by atoms with Crippen molar-refractivity contribution in [1.29, 1.82) is 0 Å². The monoisotopic (exact) mass is 463 g/mol. The predicted octanol–water partition coefficient (Wildman–Crippen LogP) is 3.45. The van der Waals surface area contributed by atoms with E-state index in [1.54, 1.807) is 20.8 Å². The van der Waals surface area contributed by atoms with Crippen molar-refractivity contribution in [2.45, 2.75) is 39.2 Å². The number of fused-ring (bicyclic) bond motifs is 1. The van der Waals surface area contributed by atoms with Gasteiger partial charge in [-0.15, -0.1) is 5.10 Å². The summed E-state index contributed by atoms with van der Waals surface area (Å²) >= 11 is 3.74. The van der Waals surface area contributed by atoms with E-state index in [9.17, 15) is 4.79 Å². The van der Waals surface area contributed by atoms with E-state index in [2.05, 4.69) is 38.0 Å². The van der Waals surface area contributed by atoms with Crippen LogP contribution in [0.4, 0.5) is 9.93 Å². The summed E-state index contributed by atoms with van der Waals surface area (Å²) < 4.78 is 8.19. The number of ether oxygens (including phenoxy) is 1. The van der Waals surface area contributed by atoms with Crippen LogP contribution < -0.4 is 5.32 Å². The third-order valence-corrected chi connectivity index (χ3v) is 5.22. The lowest BCUT2D eigenvalue weighted by atomic mass is 9.97. The molecular formula is C15H22IN5O2S. The first-order valence-corrected chi connectivity index (χ1v) is 9.93. The van der Waals surface area contributed by atoms with E-state index in [0.29, 0.717) is 5.92 Å². The molecule has 24 heavy (non-hydrogen) atoms. The molecular weight excluding hydrogens is 441 g/mol. The summed E-state index contributed by atoms with van der Waals surface area (Å²) in [6.07, 6.45) is 3.67. The number of aromatic nitrogens is 3. The van der Waals surface area contributed by atoms with Crippen molar-refractivity contribution in [2.24, 2.45) is 5.92 Å². The fourth-order valence-corrected chi connectivity index (χ4v) is 4.07. The number of rotatable bonds is 3. The minimum atomic E-state index is -0.435. The molecule has 0 radical (unpaired) electrons. The van der Waals surface area contributed by atoms with Gasteiger partial charge in [-0.2, -0.15) is 0 Å². The number of imidazole rings is 1. The Balaban J connectivity index is 1.45. The van der Waals surface area contributed by atoms with Crippen LogP contribution in [0.5, 0.6) is 0 Å². The molecule has 1 N–H and O–H groups in total. The van der Waals surface area contributed by atoms with Crippen molar-refractivity contribution in [3.05, 3.63) is 9.90 Å². The molecule has 1 fully saturated rings. The van der Waals surface area contributed by atoms with Crippen LogP contribution in [0.25, 0.3) is 4.96 Å². The zero-order valence-electron chi connectivity index (χ0n) is 14.1. The van der Waals surface area contributed by atoms with Gasteiger partial charge in [-0.05, 0) is 62.1 Å². The molecule has 0 aliphatic carbocycles. The quantitative estimate of drug-likeness (QED) is 0.707. The van der Waals surface area contributed by atoms with Crippen molar-refractivity contribution in [1.82, 2.24) is 19.5 Å². The molecule has 0 atom stereocenters. The first-order valence-electron chi connectivity index (χ1n) is 8.04. The summed E-state index contributed by atoms with van der Waals surface area (Å²) in [5.41, 5.74) is -0.435. The first-order chi connectivity index (χ1) is 11.3. The lowest BCUT2D eigenvalue weighted by Crippen LogP contribution is -2.42. The molecule has 0 bridgehead atoms. The Morgan fingerprint density at radius 3 is 2.79 bits per heavy atom. The van der Waals surface area contributed by atoms with Gasteiger partial charge >= 0.3 is 6.09 Å². The lowest BCUT2D eigenvalue weighted by Gasteiger charge is -2.33. The normalized spacial score (nSPS) is 16.6. The van der Waals surface area contributed by atoms with Crippen LogP contribution in [0, 0.1) is 9.62 Å². The summed E-state index contributed by atoms with van der Waals surface area (Å²) in [4.78, 5) is 19.2. The maximum atomic E-state index is 12.1. The Morgan fingerprint density at radius 1 is 1.46 bits per heavy atom. The second-order valence-corrected chi connectivity index (χ2v) is 9.05. The summed E-state index contributed by atoms with van der Waals surface area (Å²) in [5.74, 6) is 0.542. The van der Waals surface area contributed by atoms with Crippen molar-refractivity contribution >= 4 is 50.1 Å². The number of hydrogen-bond acceptors (Lipinski definition) is 6. The van der Waals surface area contributed by atoms with Crippen molar-refractivity contribution in [3.8, 4) is 0 Å². The molecule has 1 saturated heterocycles. The summed E-state index contributed by atoms with van der Waals surface area (Å²) in [6, 6.07) is 0. The van der Waals surface area contributed by atoms with E-state index in [1.165, 1.54) is 0 Å². The fraction of sp³-hybridized carbons (Fsp3) is 0.667. The van der Waals surface area contributed by atoms with E-state index >= 15 is 0 Å². The van der Waals surface area contributed by atoms with Gasteiger partial charge in [0.2, 0.25) is 10.1 Å². The number of halogens is 1. The van der Waals surface area contributed by atoms with Crippen molar-refractivity contribution < 1.29 is 9.53 Å². The average Bonchev–Trinajstić information content (AvgIpc) is 3.00.